The zero-order valence-electron chi connectivity index (χ0n) is 8.55. The Labute approximate surface area is 85.8 Å². The second-order valence-corrected chi connectivity index (χ2v) is 4.72. The molecule has 3 heteroatoms. The Bertz CT molecular complexity index is 115. The quantitative estimate of drug-likeness (QED) is 0.666. The molecule has 1 heterocycles. The van der Waals surface area contributed by atoms with Crippen LogP contribution in [-0.4, -0.2) is 37.8 Å². The number of unbranched alkanes of at least 4 members (excludes halogenated alkanes) is 1. The van der Waals surface area contributed by atoms with Crippen LogP contribution in [0.1, 0.15) is 25.7 Å². The van der Waals surface area contributed by atoms with Gasteiger partial charge in [0.1, 0.15) is 0 Å². The van der Waals surface area contributed by atoms with Crippen molar-refractivity contribution in [2.24, 2.45) is 0 Å². The molecule has 0 bridgehead atoms. The van der Waals surface area contributed by atoms with Crippen LogP contribution in [0.5, 0.6) is 0 Å². The molecule has 0 spiro atoms. The van der Waals surface area contributed by atoms with E-state index in [0.717, 1.165) is 19.2 Å². The minimum absolute atomic E-state index is 0.779. The summed E-state index contributed by atoms with van der Waals surface area (Å²) in [6.45, 7) is 2.07. The molecule has 0 aliphatic carbocycles. The van der Waals surface area contributed by atoms with Gasteiger partial charge < -0.3 is 10.1 Å². The molecular formula is C10H21NOS. The first kappa shape index (κ1) is 11.3. The van der Waals surface area contributed by atoms with Gasteiger partial charge in [-0.05, 0) is 38.0 Å². The lowest BCUT2D eigenvalue weighted by atomic mass is 10.2. The summed E-state index contributed by atoms with van der Waals surface area (Å²) >= 11 is 2.08. The molecule has 13 heavy (non-hydrogen) atoms. The third-order valence-electron chi connectivity index (χ3n) is 2.37. The van der Waals surface area contributed by atoms with Crippen LogP contribution in [0.25, 0.3) is 0 Å². The van der Waals surface area contributed by atoms with E-state index in [2.05, 4.69) is 17.1 Å². The van der Waals surface area contributed by atoms with E-state index in [1.54, 1.807) is 7.11 Å². The van der Waals surface area contributed by atoms with Crippen molar-refractivity contribution < 1.29 is 4.74 Å². The second-order valence-electron chi connectivity index (χ2n) is 3.57. The van der Waals surface area contributed by atoms with Gasteiger partial charge in [-0.15, -0.1) is 0 Å². The summed E-state index contributed by atoms with van der Waals surface area (Å²) in [5.41, 5.74) is 0. The summed E-state index contributed by atoms with van der Waals surface area (Å²) in [6.07, 6.45) is 5.19. The van der Waals surface area contributed by atoms with Crippen LogP contribution in [0, 0.1) is 0 Å². The van der Waals surface area contributed by atoms with Crippen molar-refractivity contribution in [2.45, 2.75) is 31.7 Å². The van der Waals surface area contributed by atoms with Gasteiger partial charge in [-0.2, -0.15) is 11.8 Å². The summed E-state index contributed by atoms with van der Waals surface area (Å²) in [6, 6.07) is 0.779. The molecule has 0 saturated carbocycles. The van der Waals surface area contributed by atoms with Crippen LogP contribution in [-0.2, 0) is 4.74 Å². The number of hydrogen-bond acceptors (Lipinski definition) is 3. The van der Waals surface area contributed by atoms with E-state index in [9.17, 15) is 0 Å². The highest BCUT2D eigenvalue weighted by molar-refractivity contribution is 7.99. The van der Waals surface area contributed by atoms with Gasteiger partial charge in [-0.25, -0.2) is 0 Å². The van der Waals surface area contributed by atoms with Crippen LogP contribution in [0.2, 0.25) is 0 Å². The first-order chi connectivity index (χ1) is 6.43. The predicted molar refractivity (Wildman–Crippen MR) is 59.5 cm³/mol. The molecule has 0 amide bonds. The summed E-state index contributed by atoms with van der Waals surface area (Å²) in [7, 11) is 1.77. The van der Waals surface area contributed by atoms with Crippen molar-refractivity contribution in [3.8, 4) is 0 Å². The number of rotatable bonds is 6. The first-order valence-corrected chi connectivity index (χ1v) is 6.39. The third kappa shape index (κ3) is 5.55. The van der Waals surface area contributed by atoms with Crippen molar-refractivity contribution in [2.75, 3.05) is 31.8 Å². The van der Waals surface area contributed by atoms with E-state index < -0.39 is 0 Å². The van der Waals surface area contributed by atoms with Gasteiger partial charge in [-0.1, -0.05) is 0 Å². The number of nitrogens with one attached hydrogen (secondary N) is 1. The molecule has 1 aliphatic heterocycles. The summed E-state index contributed by atoms with van der Waals surface area (Å²) in [5.74, 6) is 2.67. The van der Waals surface area contributed by atoms with Crippen LogP contribution in [0.3, 0.4) is 0 Å². The molecule has 0 radical (unpaired) electrons. The molecule has 0 aromatic rings. The zero-order chi connectivity index (χ0) is 9.36. The number of thioether (sulfide) groups is 1. The maximum Gasteiger partial charge on any atom is 0.0462 e. The molecule has 1 rings (SSSR count). The van der Waals surface area contributed by atoms with Gasteiger partial charge >= 0.3 is 0 Å². The Morgan fingerprint density at radius 1 is 1.46 bits per heavy atom. The number of ether oxygens (including phenoxy) is 1. The van der Waals surface area contributed by atoms with Crippen molar-refractivity contribution >= 4 is 11.8 Å². The molecule has 1 saturated heterocycles. The average Bonchev–Trinajstić information content (AvgIpc) is 2.19. The van der Waals surface area contributed by atoms with Gasteiger partial charge in [0.25, 0.3) is 0 Å². The molecule has 0 aromatic heterocycles. The fourth-order valence-electron chi connectivity index (χ4n) is 1.58. The molecule has 0 unspecified atom stereocenters. The standard InChI is InChI=1S/C10H21NOS/c1-12-7-3-2-6-11-10-5-4-8-13-9-10/h10-11H,2-9H2,1H3/t10-/m0/s1. The largest absolute Gasteiger partial charge is 0.385 e. The van der Waals surface area contributed by atoms with E-state index >= 15 is 0 Å². The fraction of sp³-hybridized carbons (Fsp3) is 1.00. The predicted octanol–water partition coefficient (Wildman–Crippen LogP) is 1.90. The van der Waals surface area contributed by atoms with E-state index in [0.29, 0.717) is 0 Å². The Balaban J connectivity index is 1.86. The van der Waals surface area contributed by atoms with Gasteiger partial charge in [0.05, 0.1) is 0 Å². The highest BCUT2D eigenvalue weighted by Gasteiger charge is 2.11. The first-order valence-electron chi connectivity index (χ1n) is 5.23. The van der Waals surface area contributed by atoms with E-state index in [1.807, 2.05) is 0 Å². The van der Waals surface area contributed by atoms with Crippen LogP contribution >= 0.6 is 11.8 Å². The van der Waals surface area contributed by atoms with Crippen molar-refractivity contribution in [1.29, 1.82) is 0 Å². The molecule has 1 fully saturated rings. The van der Waals surface area contributed by atoms with Crippen molar-refractivity contribution in [3.63, 3.8) is 0 Å². The van der Waals surface area contributed by atoms with Crippen molar-refractivity contribution in [1.82, 2.24) is 5.32 Å². The van der Waals surface area contributed by atoms with Gasteiger partial charge in [-0.3, -0.25) is 0 Å². The maximum absolute atomic E-state index is 5.00. The van der Waals surface area contributed by atoms with Gasteiger partial charge in [0, 0.05) is 25.5 Å². The van der Waals surface area contributed by atoms with Crippen molar-refractivity contribution in [3.05, 3.63) is 0 Å². The maximum atomic E-state index is 5.00. The van der Waals surface area contributed by atoms with Gasteiger partial charge in [0.15, 0.2) is 0 Å². The average molecular weight is 203 g/mol. The Kier molecular flexibility index (Phi) is 6.68. The molecule has 0 aromatic carbocycles. The highest BCUT2D eigenvalue weighted by Crippen LogP contribution is 2.16. The van der Waals surface area contributed by atoms with Gasteiger partial charge in [0.2, 0.25) is 0 Å². The number of methoxy groups -OCH3 is 1. The molecule has 1 atom stereocenters. The lowest BCUT2D eigenvalue weighted by Crippen LogP contribution is -2.34. The Morgan fingerprint density at radius 2 is 2.38 bits per heavy atom. The smallest absolute Gasteiger partial charge is 0.0462 e. The molecule has 78 valence electrons. The minimum atomic E-state index is 0.779. The monoisotopic (exact) mass is 203 g/mol. The Morgan fingerprint density at radius 3 is 3.08 bits per heavy atom. The lowest BCUT2D eigenvalue weighted by Gasteiger charge is -2.22. The van der Waals surface area contributed by atoms with E-state index in [1.165, 1.54) is 37.2 Å². The highest BCUT2D eigenvalue weighted by atomic mass is 32.2. The molecular weight excluding hydrogens is 182 g/mol. The topological polar surface area (TPSA) is 21.3 Å². The molecule has 1 N–H and O–H groups in total. The minimum Gasteiger partial charge on any atom is -0.385 e. The molecule has 2 nitrogen and oxygen atoms in total. The van der Waals surface area contributed by atoms with E-state index in [4.69, 9.17) is 4.74 Å². The molecule has 1 aliphatic rings. The second kappa shape index (κ2) is 7.65. The fourth-order valence-corrected chi connectivity index (χ4v) is 2.69. The summed E-state index contributed by atoms with van der Waals surface area (Å²) in [5, 5.41) is 3.60. The SMILES string of the molecule is COCCCCN[C@H]1CCCSC1. The van der Waals surface area contributed by atoms with Crippen LogP contribution in [0.4, 0.5) is 0 Å². The third-order valence-corrected chi connectivity index (χ3v) is 3.58. The van der Waals surface area contributed by atoms with Crippen LogP contribution in [0.15, 0.2) is 0 Å². The summed E-state index contributed by atoms with van der Waals surface area (Å²) in [4.78, 5) is 0. The summed E-state index contributed by atoms with van der Waals surface area (Å²) < 4.78 is 5.00. The lowest BCUT2D eigenvalue weighted by molar-refractivity contribution is 0.192. The number of hydrogen-bond donors (Lipinski definition) is 1. The van der Waals surface area contributed by atoms with Crippen LogP contribution < -0.4 is 5.32 Å². The Hall–Kier alpha value is 0.270. The zero-order valence-corrected chi connectivity index (χ0v) is 9.37. The normalized spacial score (nSPS) is 23.3. The van der Waals surface area contributed by atoms with E-state index in [-0.39, 0.29) is 0 Å².